The van der Waals surface area contributed by atoms with Gasteiger partial charge in [-0.3, -0.25) is 0 Å². The zero-order valence-corrected chi connectivity index (χ0v) is 12.1. The molecule has 0 radical (unpaired) electrons. The number of alkyl halides is 1. The summed E-state index contributed by atoms with van der Waals surface area (Å²) >= 11 is 9.42. The van der Waals surface area contributed by atoms with E-state index in [2.05, 4.69) is 54.0 Å². The Morgan fingerprint density at radius 1 is 1.25 bits per heavy atom. The first-order valence-corrected chi connectivity index (χ1v) is 6.89. The Hall–Kier alpha value is -0.0500. The highest BCUT2D eigenvalue weighted by atomic mass is 79.9. The third-order valence-electron chi connectivity index (χ3n) is 2.45. The van der Waals surface area contributed by atoms with Crippen molar-refractivity contribution >= 4 is 27.5 Å². The zero-order chi connectivity index (χ0) is 12.0. The van der Waals surface area contributed by atoms with Gasteiger partial charge in [0.2, 0.25) is 0 Å². The molecule has 1 atom stereocenters. The second-order valence-electron chi connectivity index (χ2n) is 4.11. The van der Waals surface area contributed by atoms with Crippen LogP contribution in [0.15, 0.2) is 28.7 Å². The minimum Gasteiger partial charge on any atom is -0.379 e. The molecule has 0 saturated carbocycles. The number of hydrogen-bond acceptors (Lipinski definition) is 1. The molecule has 0 N–H and O–H groups in total. The number of halogens is 2. The van der Waals surface area contributed by atoms with E-state index >= 15 is 0 Å². The SMILES string of the molecule is CC(C)OCCC(CCl)c1ccc(Br)cc1. The summed E-state index contributed by atoms with van der Waals surface area (Å²) in [6, 6.07) is 8.34. The monoisotopic (exact) mass is 304 g/mol. The third kappa shape index (κ3) is 4.86. The first kappa shape index (κ1) is 14.0. The summed E-state index contributed by atoms with van der Waals surface area (Å²) in [6.07, 6.45) is 1.27. The molecule has 1 rings (SSSR count). The van der Waals surface area contributed by atoms with Gasteiger partial charge in [-0.05, 0) is 43.9 Å². The summed E-state index contributed by atoms with van der Waals surface area (Å²) in [7, 11) is 0. The molecule has 1 aromatic rings. The third-order valence-corrected chi connectivity index (χ3v) is 3.35. The van der Waals surface area contributed by atoms with E-state index in [-0.39, 0.29) is 0 Å². The fraction of sp³-hybridized carbons (Fsp3) is 0.538. The lowest BCUT2D eigenvalue weighted by Crippen LogP contribution is -2.09. The minimum atomic E-state index is 0.292. The average Bonchev–Trinajstić information content (AvgIpc) is 2.26. The van der Waals surface area contributed by atoms with Gasteiger partial charge in [0.1, 0.15) is 0 Å². The fourth-order valence-corrected chi connectivity index (χ4v) is 2.11. The molecule has 90 valence electrons. The molecule has 1 nitrogen and oxygen atoms in total. The molecule has 0 aliphatic heterocycles. The molecule has 0 aromatic heterocycles. The Bertz CT molecular complexity index is 297. The van der Waals surface area contributed by atoms with E-state index in [0.717, 1.165) is 17.5 Å². The smallest absolute Gasteiger partial charge is 0.0518 e. The van der Waals surface area contributed by atoms with Gasteiger partial charge in [-0.15, -0.1) is 11.6 Å². The molecule has 0 saturated heterocycles. The predicted octanol–water partition coefficient (Wildman–Crippen LogP) is 4.59. The van der Waals surface area contributed by atoms with Gasteiger partial charge in [-0.1, -0.05) is 28.1 Å². The number of benzene rings is 1. The lowest BCUT2D eigenvalue weighted by atomic mass is 9.98. The first-order valence-electron chi connectivity index (χ1n) is 5.56. The van der Waals surface area contributed by atoms with E-state index in [1.807, 2.05) is 0 Å². The summed E-state index contributed by atoms with van der Waals surface area (Å²) in [5.41, 5.74) is 1.28. The Morgan fingerprint density at radius 3 is 2.38 bits per heavy atom. The fourth-order valence-electron chi connectivity index (χ4n) is 1.51. The van der Waals surface area contributed by atoms with Crippen LogP contribution in [0.5, 0.6) is 0 Å². The van der Waals surface area contributed by atoms with Crippen molar-refractivity contribution in [2.75, 3.05) is 12.5 Å². The van der Waals surface area contributed by atoms with Crippen LogP contribution in [0.2, 0.25) is 0 Å². The van der Waals surface area contributed by atoms with E-state index in [0.29, 0.717) is 17.9 Å². The van der Waals surface area contributed by atoms with Gasteiger partial charge in [-0.2, -0.15) is 0 Å². The summed E-state index contributed by atoms with van der Waals surface area (Å²) in [4.78, 5) is 0. The number of hydrogen-bond donors (Lipinski definition) is 0. The van der Waals surface area contributed by atoms with Crippen molar-refractivity contribution < 1.29 is 4.74 Å². The van der Waals surface area contributed by atoms with Crippen LogP contribution in [0, 0.1) is 0 Å². The molecule has 1 unspecified atom stereocenters. The maximum absolute atomic E-state index is 5.99. The van der Waals surface area contributed by atoms with Gasteiger partial charge >= 0.3 is 0 Å². The van der Waals surface area contributed by atoms with Gasteiger partial charge in [-0.25, -0.2) is 0 Å². The number of rotatable bonds is 6. The van der Waals surface area contributed by atoms with Crippen molar-refractivity contribution in [3.63, 3.8) is 0 Å². The second kappa shape index (κ2) is 7.31. The van der Waals surface area contributed by atoms with Crippen LogP contribution < -0.4 is 0 Å². The van der Waals surface area contributed by atoms with Crippen LogP contribution in [0.3, 0.4) is 0 Å². The standard InChI is InChI=1S/C13H18BrClO/c1-10(2)16-8-7-12(9-15)11-3-5-13(14)6-4-11/h3-6,10,12H,7-9H2,1-2H3. The maximum Gasteiger partial charge on any atom is 0.0518 e. The van der Waals surface area contributed by atoms with Crippen LogP contribution in [0.1, 0.15) is 31.7 Å². The minimum absolute atomic E-state index is 0.292. The molecule has 0 aliphatic rings. The van der Waals surface area contributed by atoms with Crippen molar-refractivity contribution in [1.82, 2.24) is 0 Å². The normalized spacial score (nSPS) is 13.1. The average molecular weight is 306 g/mol. The molecule has 0 heterocycles. The van der Waals surface area contributed by atoms with E-state index in [1.165, 1.54) is 5.56 Å². The van der Waals surface area contributed by atoms with Gasteiger partial charge in [0.05, 0.1) is 6.10 Å². The van der Waals surface area contributed by atoms with Crippen molar-refractivity contribution in [1.29, 1.82) is 0 Å². The molecule has 1 aromatic carbocycles. The molecule has 0 aliphatic carbocycles. The van der Waals surface area contributed by atoms with Crippen molar-refractivity contribution in [3.8, 4) is 0 Å². The quantitative estimate of drug-likeness (QED) is 0.699. The van der Waals surface area contributed by atoms with Crippen LogP contribution in [0.4, 0.5) is 0 Å². The lowest BCUT2D eigenvalue weighted by molar-refractivity contribution is 0.0743. The highest BCUT2D eigenvalue weighted by Gasteiger charge is 2.10. The van der Waals surface area contributed by atoms with Gasteiger partial charge in [0.25, 0.3) is 0 Å². The molecule has 0 fully saturated rings. The Kier molecular flexibility index (Phi) is 6.40. The molecule has 16 heavy (non-hydrogen) atoms. The highest BCUT2D eigenvalue weighted by molar-refractivity contribution is 9.10. The summed E-state index contributed by atoms with van der Waals surface area (Å²) in [6.45, 7) is 4.87. The van der Waals surface area contributed by atoms with Crippen molar-refractivity contribution in [2.24, 2.45) is 0 Å². The largest absolute Gasteiger partial charge is 0.379 e. The van der Waals surface area contributed by atoms with E-state index in [4.69, 9.17) is 16.3 Å². The highest BCUT2D eigenvalue weighted by Crippen LogP contribution is 2.23. The lowest BCUT2D eigenvalue weighted by Gasteiger charge is -2.15. The predicted molar refractivity (Wildman–Crippen MR) is 73.3 cm³/mol. The van der Waals surface area contributed by atoms with Crippen LogP contribution in [-0.4, -0.2) is 18.6 Å². The van der Waals surface area contributed by atoms with Crippen LogP contribution >= 0.6 is 27.5 Å². The topological polar surface area (TPSA) is 9.23 Å². The van der Waals surface area contributed by atoms with Gasteiger partial charge in [0, 0.05) is 17.0 Å². The molecular formula is C13H18BrClO. The Labute approximate surface area is 111 Å². The van der Waals surface area contributed by atoms with Crippen LogP contribution in [-0.2, 0) is 4.74 Å². The molecule has 0 spiro atoms. The van der Waals surface area contributed by atoms with Gasteiger partial charge < -0.3 is 4.74 Å². The van der Waals surface area contributed by atoms with Crippen molar-refractivity contribution in [2.45, 2.75) is 32.3 Å². The van der Waals surface area contributed by atoms with Crippen LogP contribution in [0.25, 0.3) is 0 Å². The zero-order valence-electron chi connectivity index (χ0n) is 9.75. The van der Waals surface area contributed by atoms with Crippen molar-refractivity contribution in [3.05, 3.63) is 34.3 Å². The number of ether oxygens (including phenoxy) is 1. The summed E-state index contributed by atoms with van der Waals surface area (Å²) in [5.74, 6) is 1.02. The van der Waals surface area contributed by atoms with E-state index < -0.39 is 0 Å². The molecule has 0 bridgehead atoms. The summed E-state index contributed by atoms with van der Waals surface area (Å²) in [5, 5.41) is 0. The maximum atomic E-state index is 5.99. The first-order chi connectivity index (χ1) is 7.63. The van der Waals surface area contributed by atoms with Gasteiger partial charge in [0.15, 0.2) is 0 Å². The molecule has 3 heteroatoms. The second-order valence-corrected chi connectivity index (χ2v) is 5.34. The molecule has 0 amide bonds. The van der Waals surface area contributed by atoms with E-state index in [9.17, 15) is 0 Å². The Morgan fingerprint density at radius 2 is 1.88 bits per heavy atom. The molecular weight excluding hydrogens is 287 g/mol. The summed E-state index contributed by atoms with van der Waals surface area (Å²) < 4.78 is 6.65. The Balaban J connectivity index is 2.50. The van der Waals surface area contributed by atoms with E-state index in [1.54, 1.807) is 0 Å².